The van der Waals surface area contributed by atoms with E-state index >= 15 is 0 Å². The van der Waals surface area contributed by atoms with E-state index in [0.717, 1.165) is 23.2 Å². The van der Waals surface area contributed by atoms with Gasteiger partial charge in [-0.2, -0.15) is 0 Å². The molecule has 26 heavy (non-hydrogen) atoms. The number of hydrogen-bond acceptors (Lipinski definition) is 6. The number of alkyl halides is 2. The Morgan fingerprint density at radius 1 is 1.38 bits per heavy atom. The summed E-state index contributed by atoms with van der Waals surface area (Å²) in [6.07, 6.45) is 3.01. The van der Waals surface area contributed by atoms with Gasteiger partial charge in [-0.15, -0.1) is 0 Å². The monoisotopic (exact) mass is 383 g/mol. The highest BCUT2D eigenvalue weighted by atomic mass is 35.5. The van der Waals surface area contributed by atoms with E-state index in [0.29, 0.717) is 5.69 Å². The molecule has 0 aliphatic heterocycles. The quantitative estimate of drug-likeness (QED) is 0.586. The molecular formula is C17H20ClF2N5O. The van der Waals surface area contributed by atoms with Crippen LogP contribution in [0.3, 0.4) is 0 Å². The summed E-state index contributed by atoms with van der Waals surface area (Å²) in [5.41, 5.74) is 7.85. The van der Waals surface area contributed by atoms with Gasteiger partial charge in [0.05, 0.1) is 11.4 Å². The first kappa shape index (κ1) is 19.9. The van der Waals surface area contributed by atoms with Crippen LogP contribution in [0.1, 0.15) is 23.7 Å². The Hall–Kier alpha value is -2.45. The van der Waals surface area contributed by atoms with Gasteiger partial charge in [0.2, 0.25) is 0 Å². The number of halogens is 3. The Bertz CT molecular complexity index is 823. The summed E-state index contributed by atoms with van der Waals surface area (Å²) in [7, 11) is 0. The van der Waals surface area contributed by atoms with Crippen molar-refractivity contribution in [1.82, 2.24) is 9.97 Å². The normalized spacial score (nSPS) is 12.2. The van der Waals surface area contributed by atoms with Crippen LogP contribution in [0.25, 0.3) is 0 Å². The fourth-order valence-corrected chi connectivity index (χ4v) is 2.31. The lowest BCUT2D eigenvalue weighted by molar-refractivity contribution is 0.0176. The number of nitrogens with two attached hydrogens (primary N) is 2. The van der Waals surface area contributed by atoms with E-state index in [-0.39, 0.29) is 28.9 Å². The van der Waals surface area contributed by atoms with Crippen LogP contribution in [0.15, 0.2) is 36.3 Å². The van der Waals surface area contributed by atoms with E-state index in [1.54, 1.807) is 6.20 Å². The predicted molar refractivity (Wildman–Crippen MR) is 97.0 cm³/mol. The summed E-state index contributed by atoms with van der Waals surface area (Å²) in [5, 5.41) is 1.08. The second kappa shape index (κ2) is 7.84. The van der Waals surface area contributed by atoms with Gasteiger partial charge in [0.25, 0.3) is 5.92 Å². The molecule has 0 amide bonds. The molecule has 1 aromatic carbocycles. The summed E-state index contributed by atoms with van der Waals surface area (Å²) in [4.78, 5) is 8.21. The number of hydrogen-bond donors (Lipinski definition) is 2. The zero-order valence-electron chi connectivity index (χ0n) is 14.6. The van der Waals surface area contributed by atoms with Crippen LogP contribution in [0, 0.1) is 13.8 Å². The largest absolute Gasteiger partial charge is 0.457 e. The van der Waals surface area contributed by atoms with Crippen molar-refractivity contribution in [2.24, 2.45) is 11.6 Å². The van der Waals surface area contributed by atoms with E-state index in [9.17, 15) is 8.78 Å². The van der Waals surface area contributed by atoms with Gasteiger partial charge < -0.3 is 10.5 Å². The van der Waals surface area contributed by atoms with Gasteiger partial charge in [-0.1, -0.05) is 11.6 Å². The minimum atomic E-state index is -3.09. The Morgan fingerprint density at radius 3 is 2.69 bits per heavy atom. The molecule has 0 fully saturated rings. The van der Waals surface area contributed by atoms with Crippen LogP contribution in [0.2, 0.25) is 5.02 Å². The molecule has 0 aliphatic rings. The number of anilines is 1. The average Bonchev–Trinajstić information content (AvgIpc) is 2.55. The molecule has 0 spiro atoms. The fraction of sp³-hybridized carbons (Fsp3) is 0.294. The predicted octanol–water partition coefficient (Wildman–Crippen LogP) is 3.42. The molecule has 1 heterocycles. The van der Waals surface area contributed by atoms with Gasteiger partial charge in [-0.3, -0.25) is 5.01 Å². The fourth-order valence-electron chi connectivity index (χ4n) is 2.02. The van der Waals surface area contributed by atoms with Crippen molar-refractivity contribution in [3.05, 3.63) is 58.1 Å². The second-order valence-corrected chi connectivity index (χ2v) is 6.28. The van der Waals surface area contributed by atoms with E-state index in [1.807, 2.05) is 13.8 Å². The molecule has 9 heteroatoms. The zero-order valence-corrected chi connectivity index (χ0v) is 15.4. The molecule has 0 bridgehead atoms. The van der Waals surface area contributed by atoms with Gasteiger partial charge in [-0.05, 0) is 37.6 Å². The molecule has 4 N–H and O–H groups in total. The van der Waals surface area contributed by atoms with Crippen LogP contribution in [0.4, 0.5) is 14.5 Å². The standard InChI is InChI=1S/C17H20ClF2N5O/c1-10-7-23-16(24-11(10)2)26-9-12(21)8-25(22)13-4-5-15(18)14(6-13)17(3,19)20/h4-8H,9,21-22H2,1-3H3/b12-8-. The maximum absolute atomic E-state index is 13.6. The van der Waals surface area contributed by atoms with Crippen molar-refractivity contribution >= 4 is 17.3 Å². The van der Waals surface area contributed by atoms with Crippen LogP contribution < -0.4 is 21.3 Å². The van der Waals surface area contributed by atoms with Crippen molar-refractivity contribution in [3.63, 3.8) is 0 Å². The number of nitrogens with zero attached hydrogens (tertiary/aromatic N) is 3. The van der Waals surface area contributed by atoms with Crippen molar-refractivity contribution < 1.29 is 13.5 Å². The number of hydrazine groups is 1. The Labute approximate surface area is 155 Å². The smallest absolute Gasteiger partial charge is 0.316 e. The van der Waals surface area contributed by atoms with E-state index in [1.165, 1.54) is 24.4 Å². The zero-order chi connectivity index (χ0) is 19.5. The summed E-state index contributed by atoms with van der Waals surface area (Å²) in [5.74, 6) is 2.78. The van der Waals surface area contributed by atoms with Gasteiger partial charge in [-0.25, -0.2) is 24.6 Å². The highest BCUT2D eigenvalue weighted by Crippen LogP contribution is 2.35. The van der Waals surface area contributed by atoms with Crippen LogP contribution >= 0.6 is 11.6 Å². The molecule has 0 aliphatic carbocycles. The van der Waals surface area contributed by atoms with E-state index in [4.69, 9.17) is 27.9 Å². The number of ether oxygens (including phenoxy) is 1. The highest BCUT2D eigenvalue weighted by molar-refractivity contribution is 6.31. The average molecular weight is 384 g/mol. The summed E-state index contributed by atoms with van der Waals surface area (Å²) < 4.78 is 32.5. The SMILES string of the molecule is Cc1cnc(OC/C(N)=C/N(N)c2ccc(Cl)c(C(C)(F)F)c2)nc1C. The van der Waals surface area contributed by atoms with Crippen LogP contribution in [-0.4, -0.2) is 16.6 Å². The summed E-state index contributed by atoms with van der Waals surface area (Å²) >= 11 is 5.82. The molecule has 1 aromatic heterocycles. The lowest BCUT2D eigenvalue weighted by Gasteiger charge is -2.19. The maximum atomic E-state index is 13.6. The minimum Gasteiger partial charge on any atom is -0.457 e. The number of aromatic nitrogens is 2. The molecule has 0 radical (unpaired) electrons. The third-order valence-corrected chi connectivity index (χ3v) is 3.93. The molecule has 6 nitrogen and oxygen atoms in total. The van der Waals surface area contributed by atoms with Crippen molar-refractivity contribution in [2.45, 2.75) is 26.7 Å². The molecule has 2 rings (SSSR count). The lowest BCUT2D eigenvalue weighted by Crippen LogP contribution is -2.27. The molecule has 0 atom stereocenters. The van der Waals surface area contributed by atoms with Gasteiger partial charge in [0.1, 0.15) is 6.61 Å². The van der Waals surface area contributed by atoms with Crippen molar-refractivity contribution in [2.75, 3.05) is 11.6 Å². The third kappa shape index (κ3) is 5.03. The van der Waals surface area contributed by atoms with E-state index < -0.39 is 5.92 Å². The second-order valence-electron chi connectivity index (χ2n) is 5.87. The first-order valence-corrected chi connectivity index (χ1v) is 8.06. The lowest BCUT2D eigenvalue weighted by atomic mass is 10.1. The highest BCUT2D eigenvalue weighted by Gasteiger charge is 2.27. The number of rotatable bonds is 6. The maximum Gasteiger partial charge on any atom is 0.316 e. The van der Waals surface area contributed by atoms with Crippen molar-refractivity contribution in [3.8, 4) is 6.01 Å². The number of aryl methyl sites for hydroxylation is 2. The third-order valence-electron chi connectivity index (χ3n) is 3.60. The minimum absolute atomic E-state index is 0.0133. The molecule has 0 saturated heterocycles. The molecule has 2 aromatic rings. The summed E-state index contributed by atoms with van der Waals surface area (Å²) in [6.45, 7) is 4.48. The number of benzene rings is 1. The Kier molecular flexibility index (Phi) is 5.99. The van der Waals surface area contributed by atoms with Gasteiger partial charge in [0.15, 0.2) is 0 Å². The molecule has 0 unspecified atom stereocenters. The first-order chi connectivity index (χ1) is 12.1. The first-order valence-electron chi connectivity index (χ1n) is 7.69. The topological polar surface area (TPSA) is 90.3 Å². The summed E-state index contributed by atoms with van der Waals surface area (Å²) in [6, 6.07) is 4.26. The van der Waals surface area contributed by atoms with Gasteiger partial charge >= 0.3 is 6.01 Å². The molecular weight excluding hydrogens is 364 g/mol. The van der Waals surface area contributed by atoms with Crippen molar-refractivity contribution in [1.29, 1.82) is 0 Å². The van der Waals surface area contributed by atoms with Gasteiger partial charge in [0, 0.05) is 35.6 Å². The molecule has 0 saturated carbocycles. The van der Waals surface area contributed by atoms with Crippen LogP contribution in [-0.2, 0) is 5.92 Å². The molecule has 140 valence electrons. The Balaban J connectivity index is 2.09. The van der Waals surface area contributed by atoms with Crippen LogP contribution in [0.5, 0.6) is 6.01 Å². The van der Waals surface area contributed by atoms with E-state index in [2.05, 4.69) is 9.97 Å². The Morgan fingerprint density at radius 2 is 2.08 bits per heavy atom.